The zero-order valence-corrected chi connectivity index (χ0v) is 28.5. The van der Waals surface area contributed by atoms with Gasteiger partial charge in [0, 0.05) is 40.0 Å². The molecule has 0 N–H and O–H groups in total. The molecule has 0 bridgehead atoms. The molecule has 246 valence electrons. The molecule has 0 saturated heterocycles. The van der Waals surface area contributed by atoms with Crippen molar-refractivity contribution in [3.8, 4) is 56.5 Å². The number of rotatable bonds is 5. The predicted molar refractivity (Wildman–Crippen MR) is 217 cm³/mol. The summed E-state index contributed by atoms with van der Waals surface area (Å²) in [5, 5.41) is 9.40. The van der Waals surface area contributed by atoms with E-state index in [1.165, 1.54) is 26.9 Å². The second-order valence-electron chi connectivity index (χ2n) is 13.5. The molecule has 0 amide bonds. The van der Waals surface area contributed by atoms with Gasteiger partial charge in [0.15, 0.2) is 5.82 Å². The SMILES string of the molecule is c1ccc(-c2cc(-c3ccc4ccc5c(-c6c(-c7cc8ccccc8cn7)nc7ccccn67)ccc6ccc3c4c65)nc(-c3ccccc3)n2)cc1. The number of fused-ring (bicyclic) bond motifs is 2. The monoisotopic (exact) mass is 675 g/mol. The van der Waals surface area contributed by atoms with Crippen LogP contribution < -0.4 is 0 Å². The van der Waals surface area contributed by atoms with Crippen molar-refractivity contribution in [3.63, 3.8) is 0 Å². The van der Waals surface area contributed by atoms with Crippen molar-refractivity contribution in [2.45, 2.75) is 0 Å². The van der Waals surface area contributed by atoms with Gasteiger partial charge in [0.05, 0.1) is 22.8 Å². The molecule has 5 nitrogen and oxygen atoms in total. The van der Waals surface area contributed by atoms with Gasteiger partial charge < -0.3 is 0 Å². The Labute approximate surface area is 304 Å². The van der Waals surface area contributed by atoms with E-state index in [9.17, 15) is 0 Å². The highest BCUT2D eigenvalue weighted by molar-refractivity contribution is 6.27. The van der Waals surface area contributed by atoms with Gasteiger partial charge in [-0.25, -0.2) is 15.0 Å². The topological polar surface area (TPSA) is 56.0 Å². The van der Waals surface area contributed by atoms with Crippen LogP contribution in [0.15, 0.2) is 176 Å². The first-order chi connectivity index (χ1) is 26.3. The number of nitrogens with zero attached hydrogens (tertiary/aromatic N) is 5. The van der Waals surface area contributed by atoms with Crippen LogP contribution >= 0.6 is 0 Å². The second-order valence-corrected chi connectivity index (χ2v) is 13.5. The molecule has 0 saturated carbocycles. The zero-order chi connectivity index (χ0) is 34.9. The Hall–Kier alpha value is -7.24. The summed E-state index contributed by atoms with van der Waals surface area (Å²) >= 11 is 0. The van der Waals surface area contributed by atoms with Crippen molar-refractivity contribution in [2.24, 2.45) is 0 Å². The number of benzene rings is 7. The van der Waals surface area contributed by atoms with Crippen molar-refractivity contribution < 1.29 is 0 Å². The first-order valence-corrected chi connectivity index (χ1v) is 17.8. The zero-order valence-electron chi connectivity index (χ0n) is 28.5. The number of pyridine rings is 2. The third-order valence-corrected chi connectivity index (χ3v) is 10.4. The molecule has 0 unspecified atom stereocenters. The van der Waals surface area contributed by atoms with E-state index in [-0.39, 0.29) is 0 Å². The average molecular weight is 676 g/mol. The van der Waals surface area contributed by atoms with Gasteiger partial charge in [-0.3, -0.25) is 9.38 Å². The molecule has 0 radical (unpaired) electrons. The van der Waals surface area contributed by atoms with Gasteiger partial charge in [-0.05, 0) is 62.0 Å². The lowest BCUT2D eigenvalue weighted by molar-refractivity contribution is 1.18. The van der Waals surface area contributed by atoms with Crippen molar-refractivity contribution in [3.05, 3.63) is 176 Å². The summed E-state index contributed by atoms with van der Waals surface area (Å²) in [5.41, 5.74) is 9.63. The van der Waals surface area contributed by atoms with Crippen LogP contribution in [-0.2, 0) is 0 Å². The van der Waals surface area contributed by atoms with Crippen LogP contribution in [0.1, 0.15) is 0 Å². The lowest BCUT2D eigenvalue weighted by atomic mass is 9.88. The van der Waals surface area contributed by atoms with E-state index in [1.54, 1.807) is 0 Å². The lowest BCUT2D eigenvalue weighted by Gasteiger charge is -2.17. The normalized spacial score (nSPS) is 11.8. The van der Waals surface area contributed by atoms with E-state index in [4.69, 9.17) is 19.9 Å². The van der Waals surface area contributed by atoms with Crippen LogP contribution in [-0.4, -0.2) is 24.3 Å². The molecule has 0 aliphatic heterocycles. The van der Waals surface area contributed by atoms with Gasteiger partial charge in [0.25, 0.3) is 0 Å². The quantitative estimate of drug-likeness (QED) is 0.170. The maximum atomic E-state index is 5.21. The highest BCUT2D eigenvalue weighted by Crippen LogP contribution is 2.44. The van der Waals surface area contributed by atoms with Crippen molar-refractivity contribution >= 4 is 48.7 Å². The standard InChI is InChI=1S/C48H29N5/c1-3-11-30(12-4-1)40-28-41(51-48(50-40)33-13-5-2-6-14-33)36-22-18-31-20-24-38-39(25-21-32-19-23-37(36)44(31)45(32)38)47-46(52-43-17-9-10-26-53(43)47)42-27-34-15-7-8-16-35(34)29-49-42/h1-29H. The number of hydrogen-bond donors (Lipinski definition) is 0. The van der Waals surface area contributed by atoms with Crippen LogP contribution in [0.3, 0.4) is 0 Å². The third-order valence-electron chi connectivity index (χ3n) is 10.4. The first-order valence-electron chi connectivity index (χ1n) is 17.8. The second kappa shape index (κ2) is 11.7. The minimum Gasteiger partial charge on any atom is -0.299 e. The van der Waals surface area contributed by atoms with Crippen molar-refractivity contribution in [2.75, 3.05) is 0 Å². The molecule has 0 aliphatic carbocycles. The molecule has 0 aliphatic rings. The fourth-order valence-corrected chi connectivity index (χ4v) is 7.93. The van der Waals surface area contributed by atoms with Crippen molar-refractivity contribution in [1.29, 1.82) is 0 Å². The van der Waals surface area contributed by atoms with Crippen LogP contribution in [0.4, 0.5) is 0 Å². The average Bonchev–Trinajstić information content (AvgIpc) is 3.62. The van der Waals surface area contributed by atoms with E-state index in [0.717, 1.165) is 72.5 Å². The molecular formula is C48H29N5. The molecule has 53 heavy (non-hydrogen) atoms. The van der Waals surface area contributed by atoms with Crippen molar-refractivity contribution in [1.82, 2.24) is 24.3 Å². The molecule has 4 aromatic heterocycles. The molecule has 7 aromatic carbocycles. The van der Waals surface area contributed by atoms with Gasteiger partial charge in [-0.1, -0.05) is 140 Å². The molecule has 5 heteroatoms. The maximum Gasteiger partial charge on any atom is 0.160 e. The van der Waals surface area contributed by atoms with Gasteiger partial charge in [0.2, 0.25) is 0 Å². The largest absolute Gasteiger partial charge is 0.299 e. The minimum atomic E-state index is 0.706. The fourth-order valence-electron chi connectivity index (χ4n) is 7.93. The van der Waals surface area contributed by atoms with Gasteiger partial charge in [-0.2, -0.15) is 0 Å². The van der Waals surface area contributed by atoms with E-state index in [1.807, 2.05) is 42.6 Å². The van der Waals surface area contributed by atoms with E-state index in [2.05, 4.69) is 138 Å². The van der Waals surface area contributed by atoms with E-state index >= 15 is 0 Å². The maximum absolute atomic E-state index is 5.21. The molecule has 0 atom stereocenters. The Kier molecular flexibility index (Phi) is 6.48. The van der Waals surface area contributed by atoms with Crippen LogP contribution in [0, 0.1) is 0 Å². The molecular weight excluding hydrogens is 647 g/mol. The summed E-state index contributed by atoms with van der Waals surface area (Å²) in [6.07, 6.45) is 4.05. The lowest BCUT2D eigenvalue weighted by Crippen LogP contribution is -1.97. The van der Waals surface area contributed by atoms with Crippen LogP contribution in [0.25, 0.3) is 105 Å². The van der Waals surface area contributed by atoms with E-state index < -0.39 is 0 Å². The summed E-state index contributed by atoms with van der Waals surface area (Å²) in [6, 6.07) is 57.3. The van der Waals surface area contributed by atoms with Crippen LogP contribution in [0.2, 0.25) is 0 Å². The molecule has 0 spiro atoms. The molecule has 0 fully saturated rings. The third kappa shape index (κ3) is 4.71. The van der Waals surface area contributed by atoms with Gasteiger partial charge in [-0.15, -0.1) is 0 Å². The summed E-state index contributed by atoms with van der Waals surface area (Å²) in [5.74, 6) is 0.706. The number of imidazole rings is 1. The highest BCUT2D eigenvalue weighted by atomic mass is 15.0. The molecule has 4 heterocycles. The minimum absolute atomic E-state index is 0.706. The number of aromatic nitrogens is 5. The Morgan fingerprint density at radius 2 is 1.04 bits per heavy atom. The smallest absolute Gasteiger partial charge is 0.160 e. The summed E-state index contributed by atoms with van der Waals surface area (Å²) in [6.45, 7) is 0. The Morgan fingerprint density at radius 1 is 0.415 bits per heavy atom. The van der Waals surface area contributed by atoms with Gasteiger partial charge in [0.1, 0.15) is 11.3 Å². The Balaban J connectivity index is 1.16. The fraction of sp³-hybridized carbons (Fsp3) is 0. The molecule has 11 aromatic rings. The first kappa shape index (κ1) is 29.5. The Bertz CT molecular complexity index is 3110. The summed E-state index contributed by atoms with van der Waals surface area (Å²) in [7, 11) is 0. The van der Waals surface area contributed by atoms with Crippen LogP contribution in [0.5, 0.6) is 0 Å². The van der Waals surface area contributed by atoms with E-state index in [0.29, 0.717) is 5.82 Å². The highest BCUT2D eigenvalue weighted by Gasteiger charge is 2.22. The Morgan fingerprint density at radius 3 is 1.81 bits per heavy atom. The summed E-state index contributed by atoms with van der Waals surface area (Å²) < 4.78 is 2.20. The predicted octanol–water partition coefficient (Wildman–Crippen LogP) is 11.9. The van der Waals surface area contributed by atoms with Gasteiger partial charge >= 0.3 is 0 Å². The number of hydrogen-bond acceptors (Lipinski definition) is 4. The summed E-state index contributed by atoms with van der Waals surface area (Å²) in [4.78, 5) is 20.4. The molecule has 11 rings (SSSR count).